The molecular weight excluding hydrogens is 447 g/mol. The van der Waals surface area contributed by atoms with Crippen LogP contribution >= 0.6 is 24.0 Å². The lowest BCUT2D eigenvalue weighted by Crippen LogP contribution is -2.38. The van der Waals surface area contributed by atoms with Crippen LogP contribution in [0.5, 0.6) is 11.5 Å². The molecule has 8 heteroatoms. The Balaban J connectivity index is 0.00000338. The van der Waals surface area contributed by atoms with Gasteiger partial charge in [0.1, 0.15) is 11.5 Å². The van der Waals surface area contributed by atoms with E-state index < -0.39 is 0 Å². The van der Waals surface area contributed by atoms with Crippen LogP contribution in [0.2, 0.25) is 0 Å². The average molecular weight is 474 g/mol. The Morgan fingerprint density at radius 1 is 1.27 bits per heavy atom. The molecule has 0 bridgehead atoms. The van der Waals surface area contributed by atoms with Crippen molar-refractivity contribution < 1.29 is 14.0 Å². The van der Waals surface area contributed by atoms with Gasteiger partial charge in [-0.3, -0.25) is 4.99 Å². The fourth-order valence-corrected chi connectivity index (χ4v) is 2.47. The zero-order valence-electron chi connectivity index (χ0n) is 15.9. The summed E-state index contributed by atoms with van der Waals surface area (Å²) in [5.41, 5.74) is 1.99. The van der Waals surface area contributed by atoms with E-state index in [1.165, 1.54) is 0 Å². The second-order valence-corrected chi connectivity index (χ2v) is 5.57. The molecule has 0 aliphatic rings. The van der Waals surface area contributed by atoms with E-state index >= 15 is 0 Å². The van der Waals surface area contributed by atoms with Gasteiger partial charge in [-0.25, -0.2) is 0 Å². The molecule has 1 N–H and O–H groups in total. The summed E-state index contributed by atoms with van der Waals surface area (Å²) in [7, 11) is 7.01. The van der Waals surface area contributed by atoms with E-state index in [0.29, 0.717) is 13.1 Å². The van der Waals surface area contributed by atoms with Crippen LogP contribution < -0.4 is 14.8 Å². The molecular formula is C18H27IN4O3. The van der Waals surface area contributed by atoms with Crippen molar-refractivity contribution in [2.45, 2.75) is 26.4 Å². The monoisotopic (exact) mass is 474 g/mol. The second kappa shape index (κ2) is 10.9. The number of nitrogens with one attached hydrogen (secondary N) is 1. The van der Waals surface area contributed by atoms with Crippen LogP contribution in [-0.2, 0) is 19.5 Å². The predicted octanol–water partition coefficient (Wildman–Crippen LogP) is 3.08. The van der Waals surface area contributed by atoms with Gasteiger partial charge < -0.3 is 24.2 Å². The largest absolute Gasteiger partial charge is 0.497 e. The Morgan fingerprint density at radius 3 is 2.62 bits per heavy atom. The van der Waals surface area contributed by atoms with E-state index in [0.717, 1.165) is 40.9 Å². The normalized spacial score (nSPS) is 10.9. The van der Waals surface area contributed by atoms with E-state index in [1.807, 2.05) is 43.1 Å². The summed E-state index contributed by atoms with van der Waals surface area (Å²) in [5.74, 6) is 3.09. The maximum Gasteiger partial charge on any atom is 0.194 e. The summed E-state index contributed by atoms with van der Waals surface area (Å²) in [5, 5.41) is 7.27. The SMILES string of the molecule is CCc1cc(CNC(=NC)N(C)Cc2ccc(OC)cc2OC)on1.I. The minimum absolute atomic E-state index is 0. The first-order valence-corrected chi connectivity index (χ1v) is 8.18. The van der Waals surface area contributed by atoms with Crippen LogP contribution in [0.15, 0.2) is 33.8 Å². The van der Waals surface area contributed by atoms with Crippen LogP contribution in [-0.4, -0.2) is 44.3 Å². The first-order chi connectivity index (χ1) is 12.1. The van der Waals surface area contributed by atoms with Crippen molar-refractivity contribution in [2.75, 3.05) is 28.3 Å². The molecule has 0 spiro atoms. The van der Waals surface area contributed by atoms with Crippen LogP contribution in [0.4, 0.5) is 0 Å². The topological polar surface area (TPSA) is 72.1 Å². The predicted molar refractivity (Wildman–Crippen MR) is 113 cm³/mol. The minimum atomic E-state index is 0. The highest BCUT2D eigenvalue weighted by Gasteiger charge is 2.12. The summed E-state index contributed by atoms with van der Waals surface area (Å²) < 4.78 is 16.0. The van der Waals surface area contributed by atoms with E-state index in [4.69, 9.17) is 14.0 Å². The van der Waals surface area contributed by atoms with Gasteiger partial charge in [0.05, 0.1) is 26.5 Å². The van der Waals surface area contributed by atoms with Gasteiger partial charge in [0.25, 0.3) is 0 Å². The number of aliphatic imine (C=N–C) groups is 1. The number of halogens is 1. The van der Waals surface area contributed by atoms with E-state index in [2.05, 4.69) is 15.5 Å². The fourth-order valence-electron chi connectivity index (χ4n) is 2.47. The number of hydrogen-bond donors (Lipinski definition) is 1. The third kappa shape index (κ3) is 5.79. The van der Waals surface area contributed by atoms with Gasteiger partial charge in [-0.15, -0.1) is 24.0 Å². The van der Waals surface area contributed by atoms with E-state index in [-0.39, 0.29) is 24.0 Å². The molecule has 0 amide bonds. The molecule has 2 rings (SSSR count). The molecule has 1 aromatic heterocycles. The van der Waals surface area contributed by atoms with Gasteiger partial charge in [-0.1, -0.05) is 12.1 Å². The minimum Gasteiger partial charge on any atom is -0.497 e. The smallest absolute Gasteiger partial charge is 0.194 e. The van der Waals surface area contributed by atoms with Crippen molar-refractivity contribution in [3.05, 3.63) is 41.3 Å². The van der Waals surface area contributed by atoms with Crippen molar-refractivity contribution >= 4 is 29.9 Å². The number of aryl methyl sites for hydroxylation is 1. The summed E-state index contributed by atoms with van der Waals surface area (Å²) in [6.45, 7) is 3.22. The van der Waals surface area contributed by atoms with Crippen molar-refractivity contribution in [2.24, 2.45) is 4.99 Å². The quantitative estimate of drug-likeness (QED) is 0.378. The zero-order valence-corrected chi connectivity index (χ0v) is 18.2. The Labute approximate surface area is 171 Å². The average Bonchev–Trinajstić information content (AvgIpc) is 3.10. The lowest BCUT2D eigenvalue weighted by Gasteiger charge is -2.23. The molecule has 1 heterocycles. The van der Waals surface area contributed by atoms with E-state index in [1.54, 1.807) is 21.3 Å². The summed E-state index contributed by atoms with van der Waals surface area (Å²) in [4.78, 5) is 6.33. The number of benzene rings is 1. The standard InChI is InChI=1S/C18H26N4O3.HI/c1-6-14-9-16(25-21-14)11-20-18(19-2)22(3)12-13-7-8-15(23-4)10-17(13)24-5;/h7-10H,6,11-12H2,1-5H3,(H,19,20);1H. The molecule has 0 fully saturated rings. The maximum atomic E-state index is 5.46. The van der Waals surface area contributed by atoms with Crippen LogP contribution in [0, 0.1) is 0 Å². The molecule has 0 atom stereocenters. The second-order valence-electron chi connectivity index (χ2n) is 5.57. The van der Waals surface area contributed by atoms with E-state index in [9.17, 15) is 0 Å². The third-order valence-electron chi connectivity index (χ3n) is 3.87. The number of methoxy groups -OCH3 is 2. The molecule has 0 aliphatic carbocycles. The van der Waals surface area contributed by atoms with Gasteiger partial charge in [-0.2, -0.15) is 0 Å². The van der Waals surface area contributed by atoms with Gasteiger partial charge >= 0.3 is 0 Å². The number of hydrogen-bond acceptors (Lipinski definition) is 5. The molecule has 7 nitrogen and oxygen atoms in total. The van der Waals surface area contributed by atoms with Crippen molar-refractivity contribution in [1.29, 1.82) is 0 Å². The number of aromatic nitrogens is 1. The molecule has 2 aromatic rings. The molecule has 0 unspecified atom stereocenters. The summed E-state index contributed by atoms with van der Waals surface area (Å²) >= 11 is 0. The summed E-state index contributed by atoms with van der Waals surface area (Å²) in [6, 6.07) is 7.74. The van der Waals surface area contributed by atoms with Gasteiger partial charge in [0, 0.05) is 38.3 Å². The molecule has 0 aliphatic heterocycles. The van der Waals surface area contributed by atoms with Crippen LogP contribution in [0.25, 0.3) is 0 Å². The molecule has 26 heavy (non-hydrogen) atoms. The van der Waals surface area contributed by atoms with Crippen molar-refractivity contribution in [3.63, 3.8) is 0 Å². The Kier molecular flexibility index (Phi) is 9.25. The maximum absolute atomic E-state index is 5.46. The molecule has 0 saturated heterocycles. The highest BCUT2D eigenvalue weighted by molar-refractivity contribution is 14.0. The first kappa shape index (κ1) is 22.1. The lowest BCUT2D eigenvalue weighted by molar-refractivity contribution is 0.369. The third-order valence-corrected chi connectivity index (χ3v) is 3.87. The first-order valence-electron chi connectivity index (χ1n) is 8.18. The molecule has 0 radical (unpaired) electrons. The lowest BCUT2D eigenvalue weighted by atomic mass is 10.2. The highest BCUT2D eigenvalue weighted by Crippen LogP contribution is 2.25. The number of rotatable bonds is 7. The number of nitrogens with zero attached hydrogens (tertiary/aromatic N) is 3. The Morgan fingerprint density at radius 2 is 2.04 bits per heavy atom. The van der Waals surface area contributed by atoms with Crippen molar-refractivity contribution in [3.8, 4) is 11.5 Å². The van der Waals surface area contributed by atoms with Gasteiger partial charge in [-0.05, 0) is 18.6 Å². The number of guanidine groups is 1. The zero-order chi connectivity index (χ0) is 18.2. The van der Waals surface area contributed by atoms with Crippen LogP contribution in [0.1, 0.15) is 23.9 Å². The van der Waals surface area contributed by atoms with Crippen molar-refractivity contribution in [1.82, 2.24) is 15.4 Å². The summed E-state index contributed by atoms with van der Waals surface area (Å²) in [6.07, 6.45) is 0.857. The van der Waals surface area contributed by atoms with Crippen LogP contribution in [0.3, 0.4) is 0 Å². The molecule has 0 saturated carbocycles. The Hall–Kier alpha value is -1.97. The van der Waals surface area contributed by atoms with Gasteiger partial charge in [0.2, 0.25) is 0 Å². The number of ether oxygens (including phenoxy) is 2. The fraction of sp³-hybridized carbons (Fsp3) is 0.444. The highest BCUT2D eigenvalue weighted by atomic mass is 127. The van der Waals surface area contributed by atoms with Gasteiger partial charge in [0.15, 0.2) is 11.7 Å². The molecule has 1 aromatic carbocycles. The molecule has 144 valence electrons. The Bertz CT molecular complexity index is 718.